The lowest BCUT2D eigenvalue weighted by Crippen LogP contribution is -3.15. The average Bonchev–Trinajstić information content (AvgIpc) is 2.81. The Morgan fingerprint density at radius 2 is 1.63 bits per heavy atom. The van der Waals surface area contributed by atoms with E-state index in [-0.39, 0.29) is 11.6 Å². The van der Waals surface area contributed by atoms with Crippen molar-refractivity contribution < 1.29 is 14.5 Å². The fraction of sp³-hybridized carbons (Fsp3) is 0.261. The molecule has 7 heteroatoms. The number of amides is 2. The number of para-hydroxylation sites is 2. The molecule has 30 heavy (non-hydrogen) atoms. The van der Waals surface area contributed by atoms with E-state index in [9.17, 15) is 9.59 Å². The maximum Gasteiger partial charge on any atom is 0.288 e. The molecule has 1 fully saturated rings. The maximum absolute atomic E-state index is 12.3. The lowest BCUT2D eigenvalue weighted by Gasteiger charge is -2.33. The van der Waals surface area contributed by atoms with Crippen LogP contribution in [0.4, 0.5) is 5.69 Å². The van der Waals surface area contributed by atoms with Gasteiger partial charge in [-0.15, -0.1) is 0 Å². The van der Waals surface area contributed by atoms with E-state index < -0.39 is 5.91 Å². The molecule has 1 aliphatic rings. The highest BCUT2D eigenvalue weighted by atomic mass is 16.2. The van der Waals surface area contributed by atoms with Gasteiger partial charge in [0.1, 0.15) is 5.69 Å². The van der Waals surface area contributed by atoms with Gasteiger partial charge in [-0.2, -0.15) is 0 Å². The van der Waals surface area contributed by atoms with Gasteiger partial charge in [-0.25, -0.2) is 4.98 Å². The maximum atomic E-state index is 12.3. The molecule has 0 atom stereocenters. The number of benzene rings is 2. The zero-order valence-electron chi connectivity index (χ0n) is 16.8. The molecule has 154 valence electrons. The summed E-state index contributed by atoms with van der Waals surface area (Å²) in [5.41, 5.74) is 7.23. The Bertz CT molecular complexity index is 1020. The van der Waals surface area contributed by atoms with E-state index in [2.05, 4.69) is 45.0 Å². The third-order valence-electron chi connectivity index (χ3n) is 5.44. The number of hydrogen-bond donors (Lipinski definition) is 3. The minimum Gasteiger partial charge on any atom is -0.360 e. The lowest BCUT2D eigenvalue weighted by molar-refractivity contribution is -0.900. The van der Waals surface area contributed by atoms with Crippen LogP contribution in [0.15, 0.2) is 66.7 Å². The van der Waals surface area contributed by atoms with Crippen molar-refractivity contribution in [3.8, 4) is 0 Å². The summed E-state index contributed by atoms with van der Waals surface area (Å²) in [6.45, 7) is 4.69. The molecular formula is C23H26N5O2+. The number of carbonyl (C=O) groups is 2. The van der Waals surface area contributed by atoms with Gasteiger partial charge in [0.2, 0.25) is 5.91 Å². The van der Waals surface area contributed by atoms with Crippen molar-refractivity contribution in [1.82, 2.24) is 15.8 Å². The van der Waals surface area contributed by atoms with Crippen molar-refractivity contribution in [3.05, 3.63) is 72.4 Å². The number of rotatable bonds is 5. The topological polar surface area (TPSA) is 78.8 Å². The molecule has 0 spiro atoms. The number of aromatic nitrogens is 1. The van der Waals surface area contributed by atoms with Crippen LogP contribution in [0.3, 0.4) is 0 Å². The summed E-state index contributed by atoms with van der Waals surface area (Å²) >= 11 is 0. The van der Waals surface area contributed by atoms with Gasteiger partial charge in [0.15, 0.2) is 0 Å². The molecule has 0 bridgehead atoms. The molecule has 2 heterocycles. The number of piperazine rings is 1. The fourth-order valence-corrected chi connectivity index (χ4v) is 3.71. The third kappa shape index (κ3) is 4.93. The molecule has 1 saturated heterocycles. The van der Waals surface area contributed by atoms with Crippen LogP contribution in [-0.4, -0.2) is 49.5 Å². The van der Waals surface area contributed by atoms with Gasteiger partial charge in [0.05, 0.1) is 44.7 Å². The number of fused-ring (bicyclic) bond motifs is 1. The molecule has 1 aromatic heterocycles. The fourth-order valence-electron chi connectivity index (χ4n) is 3.71. The van der Waals surface area contributed by atoms with Crippen LogP contribution >= 0.6 is 0 Å². The predicted molar refractivity (Wildman–Crippen MR) is 116 cm³/mol. The Hall–Kier alpha value is -3.45. The second-order valence-corrected chi connectivity index (χ2v) is 7.46. The highest BCUT2D eigenvalue weighted by Crippen LogP contribution is 2.12. The molecule has 3 N–H and O–H groups in total. The summed E-state index contributed by atoms with van der Waals surface area (Å²) in [5, 5.41) is 0.966. The number of carbonyl (C=O) groups excluding carboxylic acids is 2. The van der Waals surface area contributed by atoms with Crippen LogP contribution in [0.1, 0.15) is 16.9 Å². The van der Waals surface area contributed by atoms with Gasteiger partial charge in [0.25, 0.3) is 5.91 Å². The molecule has 0 saturated carbocycles. The molecule has 0 unspecified atom stereocenters. The lowest BCUT2D eigenvalue weighted by atomic mass is 10.2. The summed E-state index contributed by atoms with van der Waals surface area (Å²) in [6.07, 6.45) is 0.367. The van der Waals surface area contributed by atoms with E-state index >= 15 is 0 Å². The van der Waals surface area contributed by atoms with E-state index in [1.807, 2.05) is 36.4 Å². The second kappa shape index (κ2) is 9.37. The van der Waals surface area contributed by atoms with Gasteiger partial charge in [0, 0.05) is 11.1 Å². The van der Waals surface area contributed by atoms with Crippen LogP contribution in [0, 0.1) is 0 Å². The van der Waals surface area contributed by atoms with Gasteiger partial charge < -0.3 is 9.80 Å². The largest absolute Gasteiger partial charge is 0.360 e. The number of hydrazine groups is 1. The van der Waals surface area contributed by atoms with E-state index in [4.69, 9.17) is 0 Å². The van der Waals surface area contributed by atoms with E-state index in [0.29, 0.717) is 6.42 Å². The Labute approximate surface area is 175 Å². The van der Waals surface area contributed by atoms with Gasteiger partial charge >= 0.3 is 0 Å². The molecule has 4 rings (SSSR count). The summed E-state index contributed by atoms with van der Waals surface area (Å²) in [6, 6.07) is 21.5. The van der Waals surface area contributed by atoms with Crippen LogP contribution in [0.25, 0.3) is 10.9 Å². The molecule has 0 aliphatic carbocycles. The number of pyridine rings is 1. The first-order chi connectivity index (χ1) is 14.7. The molecule has 2 amide bonds. The summed E-state index contributed by atoms with van der Waals surface area (Å²) in [4.78, 5) is 32.5. The molecule has 1 aliphatic heterocycles. The number of anilines is 1. The predicted octanol–water partition coefficient (Wildman–Crippen LogP) is 0.791. The van der Waals surface area contributed by atoms with Crippen molar-refractivity contribution in [1.29, 1.82) is 0 Å². The third-order valence-corrected chi connectivity index (χ3v) is 5.44. The molecular weight excluding hydrogens is 378 g/mol. The SMILES string of the molecule is O=C(CC[NH+]1CCN(c2ccccc2)CC1)NNC(=O)c1ccc2ccccc2n1. The van der Waals surface area contributed by atoms with Crippen molar-refractivity contribution >= 4 is 28.4 Å². The highest BCUT2D eigenvalue weighted by Gasteiger charge is 2.20. The van der Waals surface area contributed by atoms with Gasteiger partial charge in [-0.3, -0.25) is 20.4 Å². The Morgan fingerprint density at radius 1 is 0.900 bits per heavy atom. The van der Waals surface area contributed by atoms with Crippen LogP contribution < -0.4 is 20.7 Å². The van der Waals surface area contributed by atoms with E-state index in [1.165, 1.54) is 10.6 Å². The van der Waals surface area contributed by atoms with Gasteiger partial charge in [-0.05, 0) is 24.3 Å². The smallest absolute Gasteiger partial charge is 0.288 e. The summed E-state index contributed by atoms with van der Waals surface area (Å²) in [7, 11) is 0. The number of quaternary nitrogens is 1. The normalized spacial score (nSPS) is 14.5. The minimum atomic E-state index is -0.419. The van der Waals surface area contributed by atoms with Crippen molar-refractivity contribution in [2.75, 3.05) is 37.6 Å². The summed E-state index contributed by atoms with van der Waals surface area (Å²) in [5.74, 6) is -0.611. The van der Waals surface area contributed by atoms with Crippen molar-refractivity contribution in [2.24, 2.45) is 0 Å². The van der Waals surface area contributed by atoms with Crippen molar-refractivity contribution in [3.63, 3.8) is 0 Å². The zero-order valence-corrected chi connectivity index (χ0v) is 16.8. The quantitative estimate of drug-likeness (QED) is 0.550. The second-order valence-electron chi connectivity index (χ2n) is 7.46. The van der Waals surface area contributed by atoms with Crippen molar-refractivity contribution in [2.45, 2.75) is 6.42 Å². The average molecular weight is 404 g/mol. The monoisotopic (exact) mass is 404 g/mol. The van der Waals surface area contributed by atoms with Crippen LogP contribution in [0.2, 0.25) is 0 Å². The Morgan fingerprint density at radius 3 is 2.43 bits per heavy atom. The number of hydrogen-bond acceptors (Lipinski definition) is 4. The standard InChI is InChI=1S/C23H25N5O2/c29-22(12-13-27-14-16-28(17-15-27)19-7-2-1-3-8-19)25-26-23(30)21-11-10-18-6-4-5-9-20(18)24-21/h1-11H,12-17H2,(H,25,29)(H,26,30)/p+1. The molecule has 2 aromatic carbocycles. The van der Waals surface area contributed by atoms with E-state index in [1.54, 1.807) is 6.07 Å². The van der Waals surface area contributed by atoms with Gasteiger partial charge in [-0.1, -0.05) is 42.5 Å². The zero-order chi connectivity index (χ0) is 20.8. The molecule has 0 radical (unpaired) electrons. The first kappa shape index (κ1) is 19.8. The molecule has 7 nitrogen and oxygen atoms in total. The first-order valence-electron chi connectivity index (χ1n) is 10.3. The number of nitrogens with zero attached hydrogens (tertiary/aromatic N) is 2. The highest BCUT2D eigenvalue weighted by molar-refractivity contribution is 5.95. The minimum absolute atomic E-state index is 0.192. The Balaban J connectivity index is 1.19. The number of nitrogens with one attached hydrogen (secondary N) is 3. The van der Waals surface area contributed by atoms with Crippen LogP contribution in [0.5, 0.6) is 0 Å². The Kier molecular flexibility index (Phi) is 6.20. The molecule has 3 aromatic rings. The van der Waals surface area contributed by atoms with E-state index in [0.717, 1.165) is 43.6 Å². The summed E-state index contributed by atoms with van der Waals surface area (Å²) < 4.78 is 0. The van der Waals surface area contributed by atoms with Crippen LogP contribution in [-0.2, 0) is 4.79 Å². The first-order valence-corrected chi connectivity index (χ1v) is 10.3.